The van der Waals surface area contributed by atoms with E-state index in [4.69, 9.17) is 33.7 Å². The van der Waals surface area contributed by atoms with Crippen LogP contribution in [0.5, 0.6) is 0 Å². The number of ether oxygens (including phenoxy) is 1. The summed E-state index contributed by atoms with van der Waals surface area (Å²) in [6, 6.07) is 5.65. The molecule has 2 nitrogen and oxygen atoms in total. The molecule has 0 saturated heterocycles. The van der Waals surface area contributed by atoms with Gasteiger partial charge in [0.05, 0.1) is 16.1 Å². The van der Waals surface area contributed by atoms with Crippen LogP contribution >= 0.6 is 23.2 Å². The van der Waals surface area contributed by atoms with Crippen LogP contribution in [-0.2, 0) is 11.2 Å². The van der Waals surface area contributed by atoms with Crippen LogP contribution in [0.15, 0.2) is 18.2 Å². The molecule has 0 aromatic heterocycles. The lowest BCUT2D eigenvalue weighted by atomic mass is 9.99. The van der Waals surface area contributed by atoms with E-state index in [2.05, 4.69) is 0 Å². The van der Waals surface area contributed by atoms with Gasteiger partial charge in [-0.3, -0.25) is 0 Å². The van der Waals surface area contributed by atoms with Gasteiger partial charge in [-0.1, -0.05) is 35.3 Å². The summed E-state index contributed by atoms with van der Waals surface area (Å²) < 4.78 is 5.77. The Morgan fingerprint density at radius 1 is 1.39 bits per heavy atom. The molecule has 0 amide bonds. The Balaban J connectivity index is 2.04. The minimum Gasteiger partial charge on any atom is -0.377 e. The van der Waals surface area contributed by atoms with Gasteiger partial charge in [0.25, 0.3) is 0 Å². The van der Waals surface area contributed by atoms with E-state index in [1.807, 2.05) is 19.1 Å². The first-order chi connectivity index (χ1) is 8.63. The Morgan fingerprint density at radius 2 is 2.11 bits per heavy atom. The van der Waals surface area contributed by atoms with Crippen LogP contribution in [0.2, 0.25) is 10.0 Å². The Labute approximate surface area is 118 Å². The molecule has 4 heteroatoms. The molecule has 1 aliphatic carbocycles. The van der Waals surface area contributed by atoms with E-state index in [0.717, 1.165) is 5.56 Å². The van der Waals surface area contributed by atoms with Crippen molar-refractivity contribution in [2.24, 2.45) is 11.7 Å². The third-order valence-electron chi connectivity index (χ3n) is 3.35. The summed E-state index contributed by atoms with van der Waals surface area (Å²) in [6.45, 7) is 2.71. The molecule has 2 atom stereocenters. The maximum absolute atomic E-state index is 6.27. The topological polar surface area (TPSA) is 35.2 Å². The summed E-state index contributed by atoms with van der Waals surface area (Å²) in [5.41, 5.74) is 7.27. The van der Waals surface area contributed by atoms with Gasteiger partial charge in [0.15, 0.2) is 0 Å². The molecule has 0 aliphatic heterocycles. The summed E-state index contributed by atoms with van der Waals surface area (Å²) in [5.74, 6) is 0.623. The van der Waals surface area contributed by atoms with Gasteiger partial charge >= 0.3 is 0 Å². The quantitative estimate of drug-likeness (QED) is 0.866. The zero-order valence-electron chi connectivity index (χ0n) is 10.5. The second-order valence-electron chi connectivity index (χ2n) is 4.84. The average molecular weight is 288 g/mol. The highest BCUT2D eigenvalue weighted by Crippen LogP contribution is 2.36. The maximum Gasteiger partial charge on any atom is 0.0757 e. The first-order valence-corrected chi connectivity index (χ1v) is 7.19. The van der Waals surface area contributed by atoms with Crippen LogP contribution in [0.1, 0.15) is 25.3 Å². The summed E-state index contributed by atoms with van der Waals surface area (Å²) in [6.07, 6.45) is 3.30. The molecule has 18 heavy (non-hydrogen) atoms. The number of hydrogen-bond acceptors (Lipinski definition) is 2. The fourth-order valence-electron chi connectivity index (χ4n) is 2.30. The van der Waals surface area contributed by atoms with Gasteiger partial charge in [-0.2, -0.15) is 0 Å². The molecule has 0 heterocycles. The molecule has 1 aliphatic rings. The fraction of sp³-hybridized carbons (Fsp3) is 0.571. The van der Waals surface area contributed by atoms with Crippen molar-refractivity contribution in [2.45, 2.75) is 38.3 Å². The Kier molecular flexibility index (Phi) is 4.91. The lowest BCUT2D eigenvalue weighted by Crippen LogP contribution is -2.40. The third-order valence-corrected chi connectivity index (χ3v) is 4.21. The molecular weight excluding hydrogens is 269 g/mol. The predicted molar refractivity (Wildman–Crippen MR) is 76.3 cm³/mol. The van der Waals surface area contributed by atoms with E-state index in [1.165, 1.54) is 12.8 Å². The van der Waals surface area contributed by atoms with Gasteiger partial charge in [0.2, 0.25) is 0 Å². The second-order valence-corrected chi connectivity index (χ2v) is 5.62. The van der Waals surface area contributed by atoms with E-state index in [-0.39, 0.29) is 12.1 Å². The van der Waals surface area contributed by atoms with Crippen LogP contribution in [0.25, 0.3) is 0 Å². The van der Waals surface area contributed by atoms with Gasteiger partial charge in [-0.15, -0.1) is 0 Å². The molecule has 1 aromatic carbocycles. The minimum atomic E-state index is -0.0200. The SMILES string of the molecule is CCOC(C(N)Cc1cccc(Cl)c1Cl)C1CC1. The van der Waals surface area contributed by atoms with Crippen LogP contribution in [-0.4, -0.2) is 18.8 Å². The van der Waals surface area contributed by atoms with E-state index < -0.39 is 0 Å². The largest absolute Gasteiger partial charge is 0.377 e. The fourth-order valence-corrected chi connectivity index (χ4v) is 2.70. The van der Waals surface area contributed by atoms with E-state index >= 15 is 0 Å². The molecule has 1 fully saturated rings. The third kappa shape index (κ3) is 3.39. The van der Waals surface area contributed by atoms with Crippen molar-refractivity contribution in [3.63, 3.8) is 0 Å². The van der Waals surface area contributed by atoms with Crippen molar-refractivity contribution in [3.05, 3.63) is 33.8 Å². The van der Waals surface area contributed by atoms with Crippen molar-refractivity contribution in [2.75, 3.05) is 6.61 Å². The average Bonchev–Trinajstić information content (AvgIpc) is 3.16. The van der Waals surface area contributed by atoms with Gasteiger partial charge in [-0.05, 0) is 43.7 Å². The van der Waals surface area contributed by atoms with Gasteiger partial charge in [-0.25, -0.2) is 0 Å². The monoisotopic (exact) mass is 287 g/mol. The van der Waals surface area contributed by atoms with Crippen molar-refractivity contribution in [1.82, 2.24) is 0 Å². The lowest BCUT2D eigenvalue weighted by Gasteiger charge is -2.24. The van der Waals surface area contributed by atoms with Crippen molar-refractivity contribution < 1.29 is 4.74 Å². The van der Waals surface area contributed by atoms with Crippen LogP contribution in [0, 0.1) is 5.92 Å². The summed E-state index contributed by atoms with van der Waals surface area (Å²) in [7, 11) is 0. The van der Waals surface area contributed by atoms with Crippen molar-refractivity contribution >= 4 is 23.2 Å². The molecule has 2 N–H and O–H groups in total. The summed E-state index contributed by atoms with van der Waals surface area (Å²) in [5, 5.41) is 1.20. The normalized spacial score (nSPS) is 18.7. The van der Waals surface area contributed by atoms with Gasteiger partial charge in [0, 0.05) is 12.6 Å². The molecule has 2 rings (SSSR count). The number of nitrogens with two attached hydrogens (primary N) is 1. The van der Waals surface area contributed by atoms with Crippen LogP contribution in [0.3, 0.4) is 0 Å². The molecule has 2 unspecified atom stereocenters. The predicted octanol–water partition coefficient (Wildman–Crippen LogP) is 3.68. The number of hydrogen-bond donors (Lipinski definition) is 1. The second kappa shape index (κ2) is 6.25. The van der Waals surface area contributed by atoms with Gasteiger partial charge < -0.3 is 10.5 Å². The molecule has 100 valence electrons. The standard InChI is InChI=1S/C14H19Cl2NO/c1-2-18-14(9-6-7-9)12(17)8-10-4-3-5-11(15)13(10)16/h3-5,9,12,14H,2,6-8,17H2,1H3. The molecule has 0 spiro atoms. The van der Waals surface area contributed by atoms with Crippen LogP contribution in [0.4, 0.5) is 0 Å². The molecule has 1 saturated carbocycles. The zero-order valence-corrected chi connectivity index (χ0v) is 12.0. The first-order valence-electron chi connectivity index (χ1n) is 6.43. The molecular formula is C14H19Cl2NO. The summed E-state index contributed by atoms with van der Waals surface area (Å²) >= 11 is 12.2. The number of rotatable bonds is 6. The molecule has 0 bridgehead atoms. The van der Waals surface area contributed by atoms with E-state index in [9.17, 15) is 0 Å². The highest BCUT2D eigenvalue weighted by Gasteiger charge is 2.35. The van der Waals surface area contributed by atoms with Crippen molar-refractivity contribution in [1.29, 1.82) is 0 Å². The maximum atomic E-state index is 6.27. The Bertz CT molecular complexity index is 407. The Hall–Kier alpha value is -0.280. The van der Waals surface area contributed by atoms with Crippen LogP contribution < -0.4 is 5.73 Å². The van der Waals surface area contributed by atoms with E-state index in [0.29, 0.717) is 29.0 Å². The van der Waals surface area contributed by atoms with E-state index in [1.54, 1.807) is 6.07 Å². The van der Waals surface area contributed by atoms with Crippen molar-refractivity contribution in [3.8, 4) is 0 Å². The van der Waals surface area contributed by atoms with Gasteiger partial charge in [0.1, 0.15) is 0 Å². The highest BCUT2D eigenvalue weighted by atomic mass is 35.5. The lowest BCUT2D eigenvalue weighted by molar-refractivity contribution is 0.0288. The number of halogens is 2. The smallest absolute Gasteiger partial charge is 0.0757 e. The molecule has 0 radical (unpaired) electrons. The minimum absolute atomic E-state index is 0.0200. The highest BCUT2D eigenvalue weighted by molar-refractivity contribution is 6.42. The first kappa shape index (κ1) is 14.1. The zero-order chi connectivity index (χ0) is 13.1. The molecule has 1 aromatic rings. The summed E-state index contributed by atoms with van der Waals surface area (Å²) in [4.78, 5) is 0. The Morgan fingerprint density at radius 3 is 2.72 bits per heavy atom. The number of benzene rings is 1.